The van der Waals surface area contributed by atoms with Crippen LogP contribution in [0, 0.1) is 6.92 Å². The third-order valence-corrected chi connectivity index (χ3v) is 4.92. The summed E-state index contributed by atoms with van der Waals surface area (Å²) in [7, 11) is -0.778. The lowest BCUT2D eigenvalue weighted by atomic mass is 10.0. The first-order valence-corrected chi connectivity index (χ1v) is 6.96. The highest BCUT2D eigenvalue weighted by Gasteiger charge is 2.20. The minimum absolute atomic E-state index is 0.404. The van der Waals surface area contributed by atoms with Crippen LogP contribution in [0.15, 0.2) is 29.2 Å². The maximum atomic E-state index is 12.2. The predicted octanol–water partition coefficient (Wildman–Crippen LogP) is 3.44. The lowest BCUT2D eigenvalue weighted by molar-refractivity contribution is 0.504. The SMILES string of the molecule is Cc1ccc([S@](=O)C2CCCCC2)cc1. The van der Waals surface area contributed by atoms with Crippen LogP contribution in [-0.4, -0.2) is 9.46 Å². The summed E-state index contributed by atoms with van der Waals surface area (Å²) in [4.78, 5) is 1.01. The molecule has 0 aromatic heterocycles. The lowest BCUT2D eigenvalue weighted by Crippen LogP contribution is -2.18. The van der Waals surface area contributed by atoms with E-state index in [2.05, 4.69) is 19.1 Å². The fourth-order valence-corrected chi connectivity index (χ4v) is 3.69. The van der Waals surface area contributed by atoms with Crippen LogP contribution in [0.2, 0.25) is 0 Å². The van der Waals surface area contributed by atoms with Gasteiger partial charge in [-0.05, 0) is 31.9 Å². The zero-order chi connectivity index (χ0) is 10.7. The molecule has 2 heteroatoms. The Balaban J connectivity index is 2.09. The Kier molecular flexibility index (Phi) is 3.57. The molecule has 0 N–H and O–H groups in total. The highest BCUT2D eigenvalue weighted by molar-refractivity contribution is 7.85. The summed E-state index contributed by atoms with van der Waals surface area (Å²) in [5.74, 6) is 0. The van der Waals surface area contributed by atoms with Gasteiger partial charge >= 0.3 is 0 Å². The van der Waals surface area contributed by atoms with E-state index in [1.807, 2.05) is 12.1 Å². The third-order valence-electron chi connectivity index (χ3n) is 3.11. The molecular formula is C13H18OS. The highest BCUT2D eigenvalue weighted by Crippen LogP contribution is 2.25. The normalized spacial score (nSPS) is 20.1. The summed E-state index contributed by atoms with van der Waals surface area (Å²) in [5.41, 5.74) is 1.24. The largest absolute Gasteiger partial charge is 0.254 e. The Bertz CT molecular complexity index is 336. The van der Waals surface area contributed by atoms with Crippen molar-refractivity contribution in [3.05, 3.63) is 29.8 Å². The zero-order valence-corrected chi connectivity index (χ0v) is 10.1. The van der Waals surface area contributed by atoms with E-state index in [1.54, 1.807) is 0 Å². The van der Waals surface area contributed by atoms with Crippen LogP contribution in [0.4, 0.5) is 0 Å². The summed E-state index contributed by atoms with van der Waals surface area (Å²) in [6.07, 6.45) is 6.10. The molecule has 0 spiro atoms. The van der Waals surface area contributed by atoms with Crippen molar-refractivity contribution in [1.29, 1.82) is 0 Å². The minimum Gasteiger partial charge on any atom is -0.254 e. The molecule has 0 amide bonds. The van der Waals surface area contributed by atoms with Crippen molar-refractivity contribution in [3.63, 3.8) is 0 Å². The molecule has 1 aliphatic carbocycles. The summed E-state index contributed by atoms with van der Waals surface area (Å²) in [6.45, 7) is 2.06. The Morgan fingerprint density at radius 1 is 1.07 bits per heavy atom. The lowest BCUT2D eigenvalue weighted by Gasteiger charge is -2.20. The molecule has 1 saturated carbocycles. The Morgan fingerprint density at radius 2 is 1.67 bits per heavy atom. The molecule has 82 valence electrons. The maximum absolute atomic E-state index is 12.2. The van der Waals surface area contributed by atoms with E-state index in [0.29, 0.717) is 5.25 Å². The van der Waals surface area contributed by atoms with E-state index in [9.17, 15) is 4.21 Å². The molecule has 1 fully saturated rings. The van der Waals surface area contributed by atoms with Gasteiger partial charge in [0, 0.05) is 10.1 Å². The van der Waals surface area contributed by atoms with Gasteiger partial charge in [0.05, 0.1) is 10.8 Å². The molecule has 1 nitrogen and oxygen atoms in total. The highest BCUT2D eigenvalue weighted by atomic mass is 32.2. The van der Waals surface area contributed by atoms with Crippen LogP contribution >= 0.6 is 0 Å². The number of aryl methyl sites for hydroxylation is 1. The quantitative estimate of drug-likeness (QED) is 0.749. The average molecular weight is 222 g/mol. The van der Waals surface area contributed by atoms with E-state index in [4.69, 9.17) is 0 Å². The molecule has 0 heterocycles. The summed E-state index contributed by atoms with van der Waals surface area (Å²) >= 11 is 0. The zero-order valence-electron chi connectivity index (χ0n) is 9.24. The first kappa shape index (κ1) is 10.9. The molecule has 0 bridgehead atoms. The molecule has 1 atom stereocenters. The van der Waals surface area contributed by atoms with E-state index < -0.39 is 10.8 Å². The van der Waals surface area contributed by atoms with Gasteiger partial charge in [-0.3, -0.25) is 4.21 Å². The van der Waals surface area contributed by atoms with Crippen molar-refractivity contribution in [1.82, 2.24) is 0 Å². The van der Waals surface area contributed by atoms with Crippen LogP contribution in [-0.2, 0) is 10.8 Å². The Labute approximate surface area is 94.4 Å². The van der Waals surface area contributed by atoms with Crippen LogP contribution in [0.3, 0.4) is 0 Å². The van der Waals surface area contributed by atoms with Gasteiger partial charge in [-0.2, -0.15) is 0 Å². The number of hydrogen-bond acceptors (Lipinski definition) is 1. The second kappa shape index (κ2) is 4.93. The van der Waals surface area contributed by atoms with Gasteiger partial charge < -0.3 is 0 Å². The second-order valence-electron chi connectivity index (χ2n) is 4.37. The van der Waals surface area contributed by atoms with Gasteiger partial charge in [0.15, 0.2) is 0 Å². The minimum atomic E-state index is -0.778. The number of rotatable bonds is 2. The Morgan fingerprint density at radius 3 is 2.27 bits per heavy atom. The Hall–Kier alpha value is -0.630. The first-order valence-electron chi connectivity index (χ1n) is 5.74. The van der Waals surface area contributed by atoms with Crippen molar-refractivity contribution >= 4 is 10.8 Å². The van der Waals surface area contributed by atoms with Crippen LogP contribution < -0.4 is 0 Å². The van der Waals surface area contributed by atoms with Crippen molar-refractivity contribution in [2.24, 2.45) is 0 Å². The van der Waals surface area contributed by atoms with Crippen molar-refractivity contribution in [2.75, 3.05) is 0 Å². The molecule has 1 aliphatic rings. The molecule has 1 aromatic carbocycles. The van der Waals surface area contributed by atoms with E-state index in [-0.39, 0.29) is 0 Å². The van der Waals surface area contributed by atoms with Gasteiger partial charge in [0.2, 0.25) is 0 Å². The average Bonchev–Trinajstić information content (AvgIpc) is 2.30. The smallest absolute Gasteiger partial charge is 0.0560 e. The third kappa shape index (κ3) is 2.69. The molecule has 0 unspecified atom stereocenters. The maximum Gasteiger partial charge on any atom is 0.0560 e. The van der Waals surface area contributed by atoms with E-state index in [0.717, 1.165) is 17.7 Å². The topological polar surface area (TPSA) is 17.1 Å². The number of hydrogen-bond donors (Lipinski definition) is 0. The van der Waals surface area contributed by atoms with Gasteiger partial charge in [-0.1, -0.05) is 37.0 Å². The monoisotopic (exact) mass is 222 g/mol. The predicted molar refractivity (Wildman–Crippen MR) is 64.5 cm³/mol. The molecule has 0 radical (unpaired) electrons. The molecule has 0 aliphatic heterocycles. The molecule has 1 aromatic rings. The second-order valence-corrected chi connectivity index (χ2v) is 6.10. The van der Waals surface area contributed by atoms with Gasteiger partial charge in [-0.25, -0.2) is 0 Å². The van der Waals surface area contributed by atoms with E-state index in [1.165, 1.54) is 24.8 Å². The van der Waals surface area contributed by atoms with Gasteiger partial charge in [0.1, 0.15) is 0 Å². The van der Waals surface area contributed by atoms with Gasteiger partial charge in [0.25, 0.3) is 0 Å². The van der Waals surface area contributed by atoms with Crippen molar-refractivity contribution < 1.29 is 4.21 Å². The van der Waals surface area contributed by atoms with Crippen molar-refractivity contribution in [2.45, 2.75) is 49.2 Å². The van der Waals surface area contributed by atoms with Crippen LogP contribution in [0.5, 0.6) is 0 Å². The van der Waals surface area contributed by atoms with E-state index >= 15 is 0 Å². The molecule has 0 saturated heterocycles. The molecular weight excluding hydrogens is 204 g/mol. The van der Waals surface area contributed by atoms with Gasteiger partial charge in [-0.15, -0.1) is 0 Å². The van der Waals surface area contributed by atoms with Crippen LogP contribution in [0.1, 0.15) is 37.7 Å². The summed E-state index contributed by atoms with van der Waals surface area (Å²) < 4.78 is 12.2. The first-order chi connectivity index (χ1) is 7.27. The molecule has 15 heavy (non-hydrogen) atoms. The number of benzene rings is 1. The molecule has 2 rings (SSSR count). The fourth-order valence-electron chi connectivity index (χ4n) is 2.14. The fraction of sp³-hybridized carbons (Fsp3) is 0.538. The van der Waals surface area contributed by atoms with Crippen LogP contribution in [0.25, 0.3) is 0 Å². The van der Waals surface area contributed by atoms with Crippen molar-refractivity contribution in [3.8, 4) is 0 Å². The summed E-state index contributed by atoms with van der Waals surface area (Å²) in [5, 5.41) is 0.404. The standard InChI is InChI=1S/C13H18OS/c1-11-7-9-13(10-8-11)15(14)12-5-3-2-4-6-12/h7-10,12H,2-6H2,1H3/t15-/m1/s1. The summed E-state index contributed by atoms with van der Waals surface area (Å²) in [6, 6.07) is 8.13.